The van der Waals surface area contributed by atoms with Crippen molar-refractivity contribution in [2.45, 2.75) is 13.3 Å². The van der Waals surface area contributed by atoms with E-state index in [-0.39, 0.29) is 5.82 Å². The molecule has 128 valence electrons. The summed E-state index contributed by atoms with van der Waals surface area (Å²) in [7, 11) is 0. The van der Waals surface area contributed by atoms with E-state index in [2.05, 4.69) is 25.2 Å². The van der Waals surface area contributed by atoms with Crippen LogP contribution in [0.1, 0.15) is 10.7 Å². The normalized spacial score (nSPS) is 15.8. The van der Waals surface area contributed by atoms with Gasteiger partial charge in [0.05, 0.1) is 10.7 Å². The molecule has 0 spiro atoms. The van der Waals surface area contributed by atoms with Crippen LogP contribution in [0.15, 0.2) is 34.6 Å². The van der Waals surface area contributed by atoms with Crippen LogP contribution >= 0.6 is 11.3 Å². The number of thiazole rings is 1. The average Bonchev–Trinajstić information content (AvgIpc) is 3.01. The summed E-state index contributed by atoms with van der Waals surface area (Å²) in [6.45, 7) is 6.02. The van der Waals surface area contributed by atoms with E-state index in [0.29, 0.717) is 12.5 Å². The summed E-state index contributed by atoms with van der Waals surface area (Å²) in [6, 6.07) is 6.63. The van der Waals surface area contributed by atoms with E-state index in [1.54, 1.807) is 11.3 Å². The Balaban J connectivity index is 1.48. The maximum absolute atomic E-state index is 13.0. The number of guanidine groups is 1. The first-order chi connectivity index (χ1) is 11.6. The molecule has 0 aliphatic carbocycles. The SMILES string of the molecule is Cc1nc(CCN=C(N)N2CCN(c3ccc(F)cc3)CC2)cs1. The summed E-state index contributed by atoms with van der Waals surface area (Å²) >= 11 is 1.66. The molecule has 1 aliphatic rings. The number of aliphatic imine (C=N–C) groups is 1. The van der Waals surface area contributed by atoms with Crippen molar-refractivity contribution in [3.05, 3.63) is 46.2 Å². The van der Waals surface area contributed by atoms with Crippen molar-refractivity contribution < 1.29 is 4.39 Å². The van der Waals surface area contributed by atoms with Crippen LogP contribution in [0.3, 0.4) is 0 Å². The molecule has 0 saturated carbocycles. The second-order valence-corrected chi connectivity index (χ2v) is 6.86. The number of hydrogen-bond acceptors (Lipinski definition) is 4. The zero-order chi connectivity index (χ0) is 16.9. The minimum absolute atomic E-state index is 0.205. The van der Waals surface area contributed by atoms with Crippen molar-refractivity contribution >= 4 is 23.0 Å². The number of anilines is 1. The van der Waals surface area contributed by atoms with Crippen molar-refractivity contribution in [2.75, 3.05) is 37.6 Å². The predicted molar refractivity (Wildman–Crippen MR) is 97.2 cm³/mol. The van der Waals surface area contributed by atoms with Gasteiger partial charge >= 0.3 is 0 Å². The molecule has 5 nitrogen and oxygen atoms in total. The summed E-state index contributed by atoms with van der Waals surface area (Å²) in [5.41, 5.74) is 8.24. The molecule has 0 atom stereocenters. The van der Waals surface area contributed by atoms with Crippen molar-refractivity contribution in [3.8, 4) is 0 Å². The Labute approximate surface area is 145 Å². The maximum atomic E-state index is 13.0. The summed E-state index contributed by atoms with van der Waals surface area (Å²) in [4.78, 5) is 13.3. The van der Waals surface area contributed by atoms with Crippen LogP contribution in [0.2, 0.25) is 0 Å². The van der Waals surface area contributed by atoms with Crippen molar-refractivity contribution in [3.63, 3.8) is 0 Å². The fourth-order valence-corrected chi connectivity index (χ4v) is 3.40. The van der Waals surface area contributed by atoms with E-state index in [4.69, 9.17) is 5.73 Å². The fourth-order valence-electron chi connectivity index (χ4n) is 2.75. The zero-order valence-electron chi connectivity index (χ0n) is 13.8. The lowest BCUT2D eigenvalue weighted by atomic mass is 10.2. The van der Waals surface area contributed by atoms with Gasteiger partial charge < -0.3 is 15.5 Å². The highest BCUT2D eigenvalue weighted by atomic mass is 32.1. The van der Waals surface area contributed by atoms with E-state index in [0.717, 1.165) is 49.0 Å². The second-order valence-electron chi connectivity index (χ2n) is 5.80. The molecule has 2 aromatic rings. The first-order valence-corrected chi connectivity index (χ1v) is 8.96. The van der Waals surface area contributed by atoms with Crippen LogP contribution in [0.25, 0.3) is 0 Å². The Morgan fingerprint density at radius 1 is 1.25 bits per heavy atom. The summed E-state index contributed by atoms with van der Waals surface area (Å²) in [5.74, 6) is 0.393. The smallest absolute Gasteiger partial charge is 0.191 e. The quantitative estimate of drug-likeness (QED) is 0.681. The monoisotopic (exact) mass is 347 g/mol. The third kappa shape index (κ3) is 4.23. The van der Waals surface area contributed by atoms with Crippen molar-refractivity contribution in [1.82, 2.24) is 9.88 Å². The van der Waals surface area contributed by atoms with Gasteiger partial charge in [-0.1, -0.05) is 0 Å². The van der Waals surface area contributed by atoms with Gasteiger partial charge in [-0.05, 0) is 31.2 Å². The summed E-state index contributed by atoms with van der Waals surface area (Å²) in [6.07, 6.45) is 0.820. The highest BCUT2D eigenvalue weighted by molar-refractivity contribution is 7.09. The highest BCUT2D eigenvalue weighted by Gasteiger charge is 2.18. The number of piperazine rings is 1. The van der Waals surface area contributed by atoms with E-state index >= 15 is 0 Å². The van der Waals surface area contributed by atoms with Gasteiger partial charge in [-0.15, -0.1) is 11.3 Å². The minimum Gasteiger partial charge on any atom is -0.370 e. The first kappa shape index (κ1) is 16.7. The largest absolute Gasteiger partial charge is 0.370 e. The van der Waals surface area contributed by atoms with Crippen LogP contribution in [-0.2, 0) is 6.42 Å². The maximum Gasteiger partial charge on any atom is 0.191 e. The molecule has 0 radical (unpaired) electrons. The lowest BCUT2D eigenvalue weighted by molar-refractivity contribution is 0.381. The molecular weight excluding hydrogens is 325 g/mol. The molecule has 0 unspecified atom stereocenters. The number of benzene rings is 1. The van der Waals surface area contributed by atoms with Gasteiger partial charge in [-0.3, -0.25) is 4.99 Å². The van der Waals surface area contributed by atoms with E-state index in [1.165, 1.54) is 12.1 Å². The van der Waals surface area contributed by atoms with Crippen molar-refractivity contribution in [1.29, 1.82) is 0 Å². The minimum atomic E-state index is -0.205. The summed E-state index contributed by atoms with van der Waals surface area (Å²) in [5, 5.41) is 3.15. The van der Waals surface area contributed by atoms with Crippen LogP contribution in [0, 0.1) is 12.7 Å². The Morgan fingerprint density at radius 2 is 1.96 bits per heavy atom. The molecule has 1 saturated heterocycles. The molecule has 24 heavy (non-hydrogen) atoms. The molecule has 1 fully saturated rings. The molecule has 7 heteroatoms. The van der Waals surface area contributed by atoms with Crippen molar-refractivity contribution in [2.24, 2.45) is 10.7 Å². The van der Waals surface area contributed by atoms with Crippen LogP contribution < -0.4 is 10.6 Å². The third-order valence-corrected chi connectivity index (χ3v) is 4.93. The summed E-state index contributed by atoms with van der Waals surface area (Å²) < 4.78 is 13.0. The van der Waals surface area contributed by atoms with Gasteiger partial charge in [-0.2, -0.15) is 0 Å². The Kier molecular flexibility index (Phi) is 5.30. The topological polar surface area (TPSA) is 57.8 Å². The third-order valence-electron chi connectivity index (χ3n) is 4.10. The number of nitrogens with two attached hydrogens (primary N) is 1. The Bertz CT molecular complexity index is 689. The molecule has 1 aromatic carbocycles. The van der Waals surface area contributed by atoms with Gasteiger partial charge in [0.1, 0.15) is 5.82 Å². The number of hydrogen-bond donors (Lipinski definition) is 1. The van der Waals surface area contributed by atoms with Crippen LogP contribution in [-0.4, -0.2) is 48.6 Å². The van der Waals surface area contributed by atoms with E-state index < -0.39 is 0 Å². The van der Waals surface area contributed by atoms with E-state index in [9.17, 15) is 4.39 Å². The first-order valence-electron chi connectivity index (χ1n) is 8.08. The fraction of sp³-hybridized carbons (Fsp3) is 0.412. The standard InChI is InChI=1S/C17H22FN5S/c1-13-21-15(12-24-13)6-7-20-17(19)23-10-8-22(9-11-23)16-4-2-14(18)3-5-16/h2-5,12H,6-11H2,1H3,(H2,19,20). The second kappa shape index (κ2) is 7.61. The molecule has 2 heterocycles. The van der Waals surface area contributed by atoms with Gasteiger partial charge in [0, 0.05) is 50.2 Å². The van der Waals surface area contributed by atoms with Gasteiger partial charge in [0.15, 0.2) is 5.96 Å². The van der Waals surface area contributed by atoms with Gasteiger partial charge in [0.25, 0.3) is 0 Å². The van der Waals surface area contributed by atoms with Gasteiger partial charge in [-0.25, -0.2) is 9.37 Å². The number of rotatable bonds is 4. The van der Waals surface area contributed by atoms with Crippen LogP contribution in [0.4, 0.5) is 10.1 Å². The number of halogens is 1. The lowest BCUT2D eigenvalue weighted by Gasteiger charge is -2.36. The Morgan fingerprint density at radius 3 is 2.58 bits per heavy atom. The molecule has 3 rings (SSSR count). The molecular formula is C17H22FN5S. The lowest BCUT2D eigenvalue weighted by Crippen LogP contribution is -2.51. The van der Waals surface area contributed by atoms with Gasteiger partial charge in [0.2, 0.25) is 0 Å². The van der Waals surface area contributed by atoms with E-state index in [1.807, 2.05) is 19.1 Å². The predicted octanol–water partition coefficient (Wildman–Crippen LogP) is 2.27. The average molecular weight is 347 g/mol. The number of aryl methyl sites for hydroxylation is 1. The molecule has 1 aromatic heterocycles. The molecule has 2 N–H and O–H groups in total. The Hall–Kier alpha value is -2.15. The number of aromatic nitrogens is 1. The molecule has 0 bridgehead atoms. The zero-order valence-corrected chi connectivity index (χ0v) is 14.6. The highest BCUT2D eigenvalue weighted by Crippen LogP contribution is 2.16. The van der Waals surface area contributed by atoms with Crippen LogP contribution in [0.5, 0.6) is 0 Å². The number of nitrogens with zero attached hydrogens (tertiary/aromatic N) is 4. The molecule has 0 amide bonds. The molecule has 1 aliphatic heterocycles.